The van der Waals surface area contributed by atoms with Crippen LogP contribution in [-0.2, 0) is 11.3 Å². The molecule has 0 bridgehead atoms. The van der Waals surface area contributed by atoms with Crippen molar-refractivity contribution >= 4 is 5.91 Å². The molecule has 19 heavy (non-hydrogen) atoms. The minimum atomic E-state index is 0.0450. The molecule has 4 nitrogen and oxygen atoms in total. The number of hydrogen-bond donors (Lipinski definition) is 1. The predicted molar refractivity (Wildman–Crippen MR) is 75.7 cm³/mol. The fourth-order valence-electron chi connectivity index (χ4n) is 2.66. The average Bonchev–Trinajstić information content (AvgIpc) is 2.45. The van der Waals surface area contributed by atoms with Crippen molar-refractivity contribution < 1.29 is 4.79 Å². The second-order valence-electron chi connectivity index (χ2n) is 5.13. The quantitative estimate of drug-likeness (QED) is 0.900. The summed E-state index contributed by atoms with van der Waals surface area (Å²) in [4.78, 5) is 18.9. The third-order valence-corrected chi connectivity index (χ3v) is 3.71. The second-order valence-corrected chi connectivity index (χ2v) is 5.13. The largest absolute Gasteiger partial charge is 0.349 e. The molecule has 2 rings (SSSR count). The van der Waals surface area contributed by atoms with Crippen molar-refractivity contribution in [2.24, 2.45) is 0 Å². The van der Waals surface area contributed by atoms with E-state index >= 15 is 0 Å². The number of hydrogen-bond acceptors (Lipinski definition) is 3. The molecule has 1 atom stereocenters. The van der Waals surface area contributed by atoms with Crippen molar-refractivity contribution in [3.8, 4) is 0 Å². The summed E-state index contributed by atoms with van der Waals surface area (Å²) in [7, 11) is 0. The van der Waals surface area contributed by atoms with E-state index in [0.29, 0.717) is 6.54 Å². The zero-order valence-electron chi connectivity index (χ0n) is 11.9. The van der Waals surface area contributed by atoms with E-state index < -0.39 is 0 Å². The first-order valence-corrected chi connectivity index (χ1v) is 7.15. The van der Waals surface area contributed by atoms with E-state index in [1.807, 2.05) is 25.1 Å². The van der Waals surface area contributed by atoms with Gasteiger partial charge >= 0.3 is 0 Å². The number of rotatable bonds is 4. The van der Waals surface area contributed by atoms with Crippen molar-refractivity contribution in [3.05, 3.63) is 29.6 Å². The Balaban J connectivity index is 1.89. The number of amides is 1. The molecule has 1 aromatic rings. The van der Waals surface area contributed by atoms with Crippen LogP contribution >= 0.6 is 0 Å². The standard InChI is InChI=1S/C15H23N3O/c1-3-18-10-5-4-9-14(18)15(19)16-11-13-8-6-7-12(2)17-13/h6-8,14H,3-5,9-11H2,1-2H3,(H,16,19). The van der Waals surface area contributed by atoms with Gasteiger partial charge in [-0.05, 0) is 45.0 Å². The number of pyridine rings is 1. The smallest absolute Gasteiger partial charge is 0.237 e. The second kappa shape index (κ2) is 6.66. The summed E-state index contributed by atoms with van der Waals surface area (Å²) in [6.07, 6.45) is 3.33. The van der Waals surface area contributed by atoms with Crippen LogP contribution in [-0.4, -0.2) is 34.9 Å². The van der Waals surface area contributed by atoms with Gasteiger partial charge in [0.25, 0.3) is 0 Å². The first-order valence-electron chi connectivity index (χ1n) is 7.15. The lowest BCUT2D eigenvalue weighted by Gasteiger charge is -2.33. The lowest BCUT2D eigenvalue weighted by atomic mass is 10.0. The predicted octanol–water partition coefficient (Wildman–Crippen LogP) is 1.88. The Kier molecular flexibility index (Phi) is 4.91. The van der Waals surface area contributed by atoms with Crippen molar-refractivity contribution in [3.63, 3.8) is 0 Å². The molecule has 1 aromatic heterocycles. The summed E-state index contributed by atoms with van der Waals surface area (Å²) in [6.45, 7) is 6.59. The van der Waals surface area contributed by atoms with Crippen LogP contribution in [0.15, 0.2) is 18.2 Å². The summed E-state index contributed by atoms with van der Waals surface area (Å²) in [6, 6.07) is 5.93. The highest BCUT2D eigenvalue weighted by atomic mass is 16.2. The van der Waals surface area contributed by atoms with E-state index in [1.54, 1.807) is 0 Å². The van der Waals surface area contributed by atoms with Gasteiger partial charge in [-0.25, -0.2) is 0 Å². The molecule has 1 amide bonds. The number of likely N-dealkylation sites (tertiary alicyclic amines) is 1. The summed E-state index contributed by atoms with van der Waals surface area (Å²) in [5.74, 6) is 0.143. The van der Waals surface area contributed by atoms with Gasteiger partial charge in [0.1, 0.15) is 0 Å². The van der Waals surface area contributed by atoms with Crippen molar-refractivity contribution in [1.82, 2.24) is 15.2 Å². The van der Waals surface area contributed by atoms with E-state index in [4.69, 9.17) is 0 Å². The molecule has 1 fully saturated rings. The Bertz CT molecular complexity index is 433. The van der Waals surface area contributed by atoms with Crippen LogP contribution in [0, 0.1) is 6.92 Å². The molecule has 0 aliphatic carbocycles. The van der Waals surface area contributed by atoms with Crippen LogP contribution < -0.4 is 5.32 Å². The monoisotopic (exact) mass is 261 g/mol. The summed E-state index contributed by atoms with van der Waals surface area (Å²) in [5.41, 5.74) is 1.91. The summed E-state index contributed by atoms with van der Waals surface area (Å²) in [5, 5.41) is 3.02. The molecule has 0 spiro atoms. The van der Waals surface area contributed by atoms with Crippen LogP contribution in [0.1, 0.15) is 37.6 Å². The molecular formula is C15H23N3O. The fraction of sp³-hybridized carbons (Fsp3) is 0.600. The third-order valence-electron chi connectivity index (χ3n) is 3.71. The maximum atomic E-state index is 12.2. The number of nitrogens with zero attached hydrogens (tertiary/aromatic N) is 2. The van der Waals surface area contributed by atoms with Crippen LogP contribution in [0.5, 0.6) is 0 Å². The molecule has 1 N–H and O–H groups in total. The highest BCUT2D eigenvalue weighted by Gasteiger charge is 2.27. The Morgan fingerprint density at radius 3 is 3.05 bits per heavy atom. The lowest BCUT2D eigenvalue weighted by Crippen LogP contribution is -2.49. The average molecular weight is 261 g/mol. The molecule has 4 heteroatoms. The SMILES string of the molecule is CCN1CCCCC1C(=O)NCc1cccc(C)n1. The maximum absolute atomic E-state index is 12.2. The number of aromatic nitrogens is 1. The first kappa shape index (κ1) is 14.0. The van der Waals surface area contributed by atoms with Gasteiger partial charge in [0.2, 0.25) is 5.91 Å². The van der Waals surface area contributed by atoms with Crippen LogP contribution in [0.25, 0.3) is 0 Å². The molecule has 0 aromatic carbocycles. The molecule has 1 unspecified atom stereocenters. The Hall–Kier alpha value is -1.42. The van der Waals surface area contributed by atoms with Gasteiger partial charge < -0.3 is 5.32 Å². The van der Waals surface area contributed by atoms with Crippen molar-refractivity contribution in [2.45, 2.75) is 45.7 Å². The van der Waals surface area contributed by atoms with Crippen molar-refractivity contribution in [1.29, 1.82) is 0 Å². The molecule has 2 heterocycles. The van der Waals surface area contributed by atoms with Crippen LogP contribution in [0.4, 0.5) is 0 Å². The van der Waals surface area contributed by atoms with Crippen LogP contribution in [0.3, 0.4) is 0 Å². The number of nitrogens with one attached hydrogen (secondary N) is 1. The topological polar surface area (TPSA) is 45.2 Å². The first-order chi connectivity index (χ1) is 9.20. The minimum Gasteiger partial charge on any atom is -0.349 e. The molecule has 0 saturated carbocycles. The normalized spacial score (nSPS) is 20.2. The number of piperidine rings is 1. The third kappa shape index (κ3) is 3.77. The van der Waals surface area contributed by atoms with Gasteiger partial charge in [-0.3, -0.25) is 14.7 Å². The van der Waals surface area contributed by atoms with E-state index in [2.05, 4.69) is 22.1 Å². The lowest BCUT2D eigenvalue weighted by molar-refractivity contribution is -0.127. The van der Waals surface area contributed by atoms with Gasteiger partial charge in [0.15, 0.2) is 0 Å². The van der Waals surface area contributed by atoms with Gasteiger partial charge in [0, 0.05) is 5.69 Å². The molecule has 1 aliphatic rings. The van der Waals surface area contributed by atoms with E-state index in [9.17, 15) is 4.79 Å². The molecule has 104 valence electrons. The molecule has 1 aliphatic heterocycles. The number of aryl methyl sites for hydroxylation is 1. The molecule has 0 radical (unpaired) electrons. The fourth-order valence-corrected chi connectivity index (χ4v) is 2.66. The van der Waals surface area contributed by atoms with E-state index in [-0.39, 0.29) is 11.9 Å². The van der Waals surface area contributed by atoms with E-state index in [1.165, 1.54) is 6.42 Å². The van der Waals surface area contributed by atoms with Crippen LogP contribution in [0.2, 0.25) is 0 Å². The zero-order chi connectivity index (χ0) is 13.7. The zero-order valence-corrected chi connectivity index (χ0v) is 11.9. The summed E-state index contributed by atoms with van der Waals surface area (Å²) < 4.78 is 0. The van der Waals surface area contributed by atoms with Gasteiger partial charge in [-0.15, -0.1) is 0 Å². The Morgan fingerprint density at radius 1 is 1.47 bits per heavy atom. The van der Waals surface area contributed by atoms with Gasteiger partial charge in [0.05, 0.1) is 18.3 Å². The molecular weight excluding hydrogens is 238 g/mol. The molecule has 1 saturated heterocycles. The Morgan fingerprint density at radius 2 is 2.32 bits per heavy atom. The van der Waals surface area contributed by atoms with E-state index in [0.717, 1.165) is 37.3 Å². The maximum Gasteiger partial charge on any atom is 0.237 e. The highest BCUT2D eigenvalue weighted by molar-refractivity contribution is 5.81. The highest BCUT2D eigenvalue weighted by Crippen LogP contribution is 2.16. The summed E-state index contributed by atoms with van der Waals surface area (Å²) >= 11 is 0. The number of carbonyl (C=O) groups is 1. The van der Waals surface area contributed by atoms with Gasteiger partial charge in [-0.2, -0.15) is 0 Å². The number of carbonyl (C=O) groups excluding carboxylic acids is 1. The Labute approximate surface area is 115 Å². The minimum absolute atomic E-state index is 0.0450. The number of likely N-dealkylation sites (N-methyl/N-ethyl adjacent to an activating group) is 1. The van der Waals surface area contributed by atoms with Gasteiger partial charge in [-0.1, -0.05) is 19.4 Å². The van der Waals surface area contributed by atoms with Crippen molar-refractivity contribution in [2.75, 3.05) is 13.1 Å².